The second-order valence-electron chi connectivity index (χ2n) is 9.06. The molecule has 1 aromatic heterocycles. The van der Waals surface area contributed by atoms with Gasteiger partial charge >= 0.3 is 0 Å². The van der Waals surface area contributed by atoms with Gasteiger partial charge in [-0.3, -0.25) is 9.59 Å². The smallest absolute Gasteiger partial charge is 0.253 e. The normalized spacial score (nSPS) is 20.1. The van der Waals surface area contributed by atoms with E-state index < -0.39 is 0 Å². The van der Waals surface area contributed by atoms with E-state index in [1.54, 1.807) is 12.1 Å². The third kappa shape index (κ3) is 6.04. The molecule has 0 radical (unpaired) electrons. The van der Waals surface area contributed by atoms with E-state index in [1.807, 2.05) is 17.2 Å². The molecule has 3 heterocycles. The van der Waals surface area contributed by atoms with Gasteiger partial charge in [0.1, 0.15) is 0 Å². The number of carbonyl (C=O) groups is 2. The zero-order valence-electron chi connectivity index (χ0n) is 20.0. The summed E-state index contributed by atoms with van der Waals surface area (Å²) in [5, 5.41) is 3.35. The number of rotatable bonds is 7. The molecule has 184 valence electrons. The lowest BCUT2D eigenvalue weighted by Gasteiger charge is -2.25. The number of nitrogens with one attached hydrogen (secondary N) is 1. The topological polar surface area (TPSA) is 94.0 Å². The Bertz CT molecular complexity index is 1120. The van der Waals surface area contributed by atoms with Gasteiger partial charge in [0.25, 0.3) is 5.91 Å². The highest BCUT2D eigenvalue weighted by atomic mass is 35.5. The molecule has 0 aliphatic carbocycles. The van der Waals surface area contributed by atoms with Crippen molar-refractivity contribution in [3.05, 3.63) is 53.8 Å². The van der Waals surface area contributed by atoms with E-state index in [-0.39, 0.29) is 17.7 Å². The number of hydrogen-bond donors (Lipinski definition) is 1. The fourth-order valence-corrected chi connectivity index (χ4v) is 4.52. The predicted molar refractivity (Wildman–Crippen MR) is 139 cm³/mol. The molecule has 4 rings (SSSR count). The summed E-state index contributed by atoms with van der Waals surface area (Å²) in [6, 6.07) is 5.88. The Hall–Kier alpha value is -3.30. The number of aromatic nitrogens is 2. The first-order valence-corrected chi connectivity index (χ1v) is 12.0. The van der Waals surface area contributed by atoms with Gasteiger partial charge in [0.2, 0.25) is 11.9 Å². The van der Waals surface area contributed by atoms with Gasteiger partial charge in [-0.15, -0.1) is 0 Å². The predicted octanol–water partition coefficient (Wildman–Crippen LogP) is 3.26. The van der Waals surface area contributed by atoms with E-state index in [2.05, 4.69) is 50.8 Å². The summed E-state index contributed by atoms with van der Waals surface area (Å²) >= 11 is 5.82. The van der Waals surface area contributed by atoms with Crippen molar-refractivity contribution in [3.8, 4) is 0 Å². The maximum Gasteiger partial charge on any atom is 0.253 e. The number of benzene rings is 1. The molecule has 1 aromatic carbocycles. The fourth-order valence-electron chi connectivity index (χ4n) is 4.42. The van der Waals surface area contributed by atoms with Crippen LogP contribution in [0.15, 0.2) is 48.2 Å². The van der Waals surface area contributed by atoms with Crippen LogP contribution in [0, 0.1) is 5.92 Å². The van der Waals surface area contributed by atoms with Gasteiger partial charge in [0.15, 0.2) is 0 Å². The summed E-state index contributed by atoms with van der Waals surface area (Å²) in [4.78, 5) is 44.1. The van der Waals surface area contributed by atoms with Crippen LogP contribution >= 0.6 is 11.6 Å². The molecule has 1 N–H and O–H groups in total. The summed E-state index contributed by atoms with van der Waals surface area (Å²) in [7, 11) is 4.14. The molecule has 10 heteroatoms. The van der Waals surface area contributed by atoms with Crippen LogP contribution in [0.2, 0.25) is 5.02 Å². The maximum absolute atomic E-state index is 13.3. The number of anilines is 2. The molecule has 2 aromatic rings. The first-order valence-electron chi connectivity index (χ1n) is 11.6. The highest BCUT2D eigenvalue weighted by Gasteiger charge is 2.29. The Morgan fingerprint density at radius 2 is 1.97 bits per heavy atom. The van der Waals surface area contributed by atoms with Crippen LogP contribution in [0.5, 0.6) is 0 Å². The lowest BCUT2D eigenvalue weighted by molar-refractivity contribution is -0.111. The third-order valence-electron chi connectivity index (χ3n) is 6.44. The van der Waals surface area contributed by atoms with Gasteiger partial charge in [-0.25, -0.2) is 15.0 Å². The second kappa shape index (κ2) is 11.0. The SMILES string of the molecule is C=CC(=O)Nc1ccc(C(=O)N2CCC(/C=N/c3ncc(Cl)cn3)C2)cc1N1CCC(N(C)C)C1. The number of hydrogen-bond acceptors (Lipinski definition) is 7. The summed E-state index contributed by atoms with van der Waals surface area (Å²) < 4.78 is 0. The van der Waals surface area contributed by atoms with Gasteiger partial charge in [0.05, 0.1) is 28.8 Å². The molecule has 9 nitrogen and oxygen atoms in total. The maximum atomic E-state index is 13.3. The van der Waals surface area contributed by atoms with E-state index in [9.17, 15) is 9.59 Å². The quantitative estimate of drug-likeness (QED) is 0.468. The summed E-state index contributed by atoms with van der Waals surface area (Å²) in [6.45, 7) is 6.45. The average molecular weight is 496 g/mol. The van der Waals surface area contributed by atoms with Gasteiger partial charge in [-0.2, -0.15) is 0 Å². The second-order valence-corrected chi connectivity index (χ2v) is 9.49. The van der Waals surface area contributed by atoms with Crippen LogP contribution in [-0.4, -0.2) is 84.1 Å². The molecule has 0 bridgehead atoms. The van der Waals surface area contributed by atoms with Crippen molar-refractivity contribution in [2.75, 3.05) is 50.5 Å². The summed E-state index contributed by atoms with van der Waals surface area (Å²) in [5.74, 6) is 0.167. The van der Waals surface area contributed by atoms with Gasteiger partial charge in [-0.1, -0.05) is 18.2 Å². The van der Waals surface area contributed by atoms with Crippen molar-refractivity contribution in [1.29, 1.82) is 0 Å². The van der Waals surface area contributed by atoms with E-state index in [0.29, 0.717) is 41.4 Å². The number of nitrogens with zero attached hydrogens (tertiary/aromatic N) is 6. The minimum Gasteiger partial charge on any atom is -0.368 e. The van der Waals surface area contributed by atoms with Crippen molar-refractivity contribution < 1.29 is 9.59 Å². The first-order chi connectivity index (χ1) is 16.8. The molecule has 2 unspecified atom stereocenters. The molecular weight excluding hydrogens is 466 g/mol. The first kappa shape index (κ1) is 24.8. The lowest BCUT2D eigenvalue weighted by atomic mass is 10.1. The molecular formula is C25H30ClN7O2. The zero-order valence-corrected chi connectivity index (χ0v) is 20.8. The van der Waals surface area contributed by atoms with E-state index in [4.69, 9.17) is 11.6 Å². The van der Waals surface area contributed by atoms with E-state index in [0.717, 1.165) is 31.6 Å². The van der Waals surface area contributed by atoms with Crippen molar-refractivity contribution >= 4 is 47.0 Å². The molecule has 35 heavy (non-hydrogen) atoms. The molecule has 2 aliphatic heterocycles. The molecule has 2 amide bonds. The number of aliphatic imine (C=N–C) groups is 1. The fraction of sp³-hybridized carbons (Fsp3) is 0.400. The minimum absolute atomic E-state index is 0.0325. The van der Waals surface area contributed by atoms with Crippen molar-refractivity contribution in [3.63, 3.8) is 0 Å². The standard InChI is InChI=1S/C25H30ClN7O2/c1-4-23(34)30-21-6-5-18(11-22(21)32-10-8-20(16-32)31(2)3)24(35)33-9-7-17(15-33)12-27-25-28-13-19(26)14-29-25/h4-6,11-14,17,20H,1,7-10,15-16H2,2-3H3,(H,30,34)/b27-12+. The molecule has 2 aliphatic rings. The number of carbonyl (C=O) groups excluding carboxylic acids is 2. The molecule has 2 fully saturated rings. The van der Waals surface area contributed by atoms with Gasteiger partial charge in [0, 0.05) is 49.9 Å². The Balaban J connectivity index is 1.48. The Morgan fingerprint density at radius 3 is 2.66 bits per heavy atom. The van der Waals surface area contributed by atoms with Crippen molar-refractivity contribution in [1.82, 2.24) is 19.8 Å². The number of amides is 2. The average Bonchev–Trinajstić information content (AvgIpc) is 3.54. The van der Waals surface area contributed by atoms with Crippen LogP contribution in [0.3, 0.4) is 0 Å². The van der Waals surface area contributed by atoms with Crippen LogP contribution in [-0.2, 0) is 4.79 Å². The van der Waals surface area contributed by atoms with Gasteiger partial charge < -0.3 is 20.0 Å². The Kier molecular flexibility index (Phi) is 7.77. The molecule has 2 atom stereocenters. The molecule has 2 saturated heterocycles. The number of halogens is 1. The third-order valence-corrected chi connectivity index (χ3v) is 6.64. The lowest BCUT2D eigenvalue weighted by Crippen LogP contribution is -2.32. The van der Waals surface area contributed by atoms with Crippen LogP contribution < -0.4 is 10.2 Å². The summed E-state index contributed by atoms with van der Waals surface area (Å²) in [6.07, 6.45) is 7.90. The van der Waals surface area contributed by atoms with Crippen molar-refractivity contribution in [2.45, 2.75) is 18.9 Å². The molecule has 0 saturated carbocycles. The highest BCUT2D eigenvalue weighted by Crippen LogP contribution is 2.32. The Labute approximate surface area is 210 Å². The number of likely N-dealkylation sites (tertiary alicyclic amines) is 1. The minimum atomic E-state index is -0.278. The van der Waals surface area contributed by atoms with Crippen molar-refractivity contribution in [2.24, 2.45) is 10.9 Å². The molecule has 0 spiro atoms. The largest absolute Gasteiger partial charge is 0.368 e. The monoisotopic (exact) mass is 495 g/mol. The number of likely N-dealkylation sites (N-methyl/N-ethyl adjacent to an activating group) is 1. The Morgan fingerprint density at radius 1 is 1.20 bits per heavy atom. The zero-order chi connectivity index (χ0) is 24.9. The summed E-state index contributed by atoms with van der Waals surface area (Å²) in [5.41, 5.74) is 2.14. The van der Waals surface area contributed by atoms with E-state index >= 15 is 0 Å². The van der Waals surface area contributed by atoms with Gasteiger partial charge in [-0.05, 0) is 51.2 Å². The van der Waals surface area contributed by atoms with Crippen LogP contribution in [0.25, 0.3) is 0 Å². The van der Waals surface area contributed by atoms with Crippen LogP contribution in [0.1, 0.15) is 23.2 Å². The highest BCUT2D eigenvalue weighted by molar-refractivity contribution is 6.30. The van der Waals surface area contributed by atoms with E-state index in [1.165, 1.54) is 18.5 Å². The van der Waals surface area contributed by atoms with Crippen LogP contribution in [0.4, 0.5) is 17.3 Å².